The molecule has 1 aromatic rings. The maximum Gasteiger partial charge on any atom is 0.241 e. The van der Waals surface area contributed by atoms with Crippen LogP contribution in [0, 0.1) is 12.3 Å². The van der Waals surface area contributed by atoms with Crippen molar-refractivity contribution in [3.63, 3.8) is 0 Å². The zero-order chi connectivity index (χ0) is 15.1. The molecule has 1 fully saturated rings. The summed E-state index contributed by atoms with van der Waals surface area (Å²) in [5, 5.41) is 0. The van der Waals surface area contributed by atoms with E-state index in [-0.39, 0.29) is 22.5 Å². The van der Waals surface area contributed by atoms with Crippen molar-refractivity contribution < 1.29 is 13.2 Å². The van der Waals surface area contributed by atoms with Gasteiger partial charge in [-0.3, -0.25) is 0 Å². The molecule has 0 heterocycles. The van der Waals surface area contributed by atoms with Gasteiger partial charge in [-0.2, -0.15) is 0 Å². The van der Waals surface area contributed by atoms with Gasteiger partial charge in [0.1, 0.15) is 0 Å². The molecule has 0 aliphatic heterocycles. The second kappa shape index (κ2) is 5.02. The number of sulfonamides is 1. The highest BCUT2D eigenvalue weighted by molar-refractivity contribution is 7.89. The molecule has 2 rings (SSSR count). The minimum Gasteiger partial charge on any atom is -0.399 e. The van der Waals surface area contributed by atoms with Crippen LogP contribution in [-0.2, 0) is 14.8 Å². The van der Waals surface area contributed by atoms with Crippen molar-refractivity contribution in [2.75, 3.05) is 12.8 Å². The lowest BCUT2D eigenvalue weighted by Gasteiger charge is -2.51. The lowest BCUT2D eigenvalue weighted by Crippen LogP contribution is -2.61. The number of hydrogen-bond donors (Lipinski definition) is 2. The highest BCUT2D eigenvalue weighted by Gasteiger charge is 2.50. The Bertz CT molecular complexity index is 611. The Morgan fingerprint density at radius 1 is 1.40 bits per heavy atom. The minimum atomic E-state index is -3.56. The van der Waals surface area contributed by atoms with Crippen LogP contribution in [0.3, 0.4) is 0 Å². The highest BCUT2D eigenvalue weighted by Crippen LogP contribution is 2.43. The van der Waals surface area contributed by atoms with Crippen LogP contribution in [0.25, 0.3) is 0 Å². The molecule has 0 saturated heterocycles. The number of nitrogens with one attached hydrogen (secondary N) is 1. The first-order valence-electron chi connectivity index (χ1n) is 6.59. The number of anilines is 1. The van der Waals surface area contributed by atoms with Crippen molar-refractivity contribution in [3.8, 4) is 0 Å². The fraction of sp³-hybridized carbons (Fsp3) is 0.571. The van der Waals surface area contributed by atoms with Crippen molar-refractivity contribution in [2.45, 2.75) is 44.2 Å². The quantitative estimate of drug-likeness (QED) is 0.829. The lowest BCUT2D eigenvalue weighted by molar-refractivity contribution is -0.0908. The van der Waals surface area contributed by atoms with Crippen molar-refractivity contribution in [1.82, 2.24) is 4.72 Å². The van der Waals surface area contributed by atoms with E-state index in [9.17, 15) is 8.42 Å². The van der Waals surface area contributed by atoms with Crippen LogP contribution in [0.15, 0.2) is 23.1 Å². The molecule has 0 radical (unpaired) electrons. The van der Waals surface area contributed by atoms with Gasteiger partial charge in [-0.25, -0.2) is 13.1 Å². The fourth-order valence-corrected chi connectivity index (χ4v) is 4.33. The third-order valence-corrected chi connectivity index (χ3v) is 5.88. The van der Waals surface area contributed by atoms with Gasteiger partial charge < -0.3 is 10.5 Å². The Morgan fingerprint density at radius 3 is 2.60 bits per heavy atom. The Kier molecular flexibility index (Phi) is 3.83. The number of nitrogen functional groups attached to an aromatic ring is 1. The van der Waals surface area contributed by atoms with Gasteiger partial charge in [-0.15, -0.1) is 0 Å². The predicted molar refractivity (Wildman–Crippen MR) is 78.9 cm³/mol. The van der Waals surface area contributed by atoms with E-state index in [4.69, 9.17) is 10.5 Å². The van der Waals surface area contributed by atoms with Crippen LogP contribution in [-0.4, -0.2) is 27.7 Å². The van der Waals surface area contributed by atoms with Crippen molar-refractivity contribution in [2.24, 2.45) is 5.41 Å². The van der Waals surface area contributed by atoms with E-state index in [0.29, 0.717) is 17.7 Å². The van der Waals surface area contributed by atoms with E-state index < -0.39 is 10.0 Å². The standard InChI is InChI=1S/C14H22N2O3S/c1-9-5-6-10(15)7-11(9)20(17,18)16-12-8-13(19-4)14(12,2)3/h5-7,12-13,16H,8,15H2,1-4H3. The predicted octanol–water partition coefficient (Wildman–Crippen LogP) is 1.67. The molecule has 1 saturated carbocycles. The number of benzene rings is 1. The SMILES string of the molecule is COC1CC(NS(=O)(=O)c2cc(N)ccc2C)C1(C)C. The first kappa shape index (κ1) is 15.3. The molecule has 3 N–H and O–H groups in total. The lowest BCUT2D eigenvalue weighted by atomic mass is 9.65. The zero-order valence-electron chi connectivity index (χ0n) is 12.3. The monoisotopic (exact) mass is 298 g/mol. The van der Waals surface area contributed by atoms with Crippen LogP contribution in [0.5, 0.6) is 0 Å². The molecule has 0 bridgehead atoms. The number of aryl methyl sites for hydroxylation is 1. The molecule has 112 valence electrons. The van der Waals surface area contributed by atoms with Gasteiger partial charge in [0, 0.05) is 24.3 Å². The molecule has 6 heteroatoms. The summed E-state index contributed by atoms with van der Waals surface area (Å²) in [5.74, 6) is 0. The average Bonchev–Trinajstić information content (AvgIpc) is 2.36. The average molecular weight is 298 g/mol. The summed E-state index contributed by atoms with van der Waals surface area (Å²) in [6, 6.07) is 4.78. The largest absolute Gasteiger partial charge is 0.399 e. The van der Waals surface area contributed by atoms with E-state index in [1.807, 2.05) is 13.8 Å². The topological polar surface area (TPSA) is 81.4 Å². The Hall–Kier alpha value is -1.11. The normalized spacial score (nSPS) is 25.2. The smallest absolute Gasteiger partial charge is 0.241 e. The molecule has 2 unspecified atom stereocenters. The Morgan fingerprint density at radius 2 is 2.05 bits per heavy atom. The Balaban J connectivity index is 2.23. The number of methoxy groups -OCH3 is 1. The van der Waals surface area contributed by atoms with E-state index in [1.165, 1.54) is 6.07 Å². The van der Waals surface area contributed by atoms with E-state index in [0.717, 1.165) is 0 Å². The molecule has 20 heavy (non-hydrogen) atoms. The van der Waals surface area contributed by atoms with E-state index >= 15 is 0 Å². The van der Waals surface area contributed by atoms with Crippen molar-refractivity contribution in [1.29, 1.82) is 0 Å². The Labute approximate surface area is 120 Å². The zero-order valence-corrected chi connectivity index (χ0v) is 13.1. The first-order valence-corrected chi connectivity index (χ1v) is 8.08. The van der Waals surface area contributed by atoms with E-state index in [1.54, 1.807) is 26.2 Å². The molecular weight excluding hydrogens is 276 g/mol. The van der Waals surface area contributed by atoms with Gasteiger partial charge in [0.15, 0.2) is 0 Å². The maximum atomic E-state index is 12.5. The van der Waals surface area contributed by atoms with Crippen LogP contribution >= 0.6 is 0 Å². The number of ether oxygens (including phenoxy) is 1. The number of nitrogens with two attached hydrogens (primary N) is 1. The highest BCUT2D eigenvalue weighted by atomic mass is 32.2. The van der Waals surface area contributed by atoms with Gasteiger partial charge in [-0.1, -0.05) is 19.9 Å². The molecule has 2 atom stereocenters. The van der Waals surface area contributed by atoms with E-state index in [2.05, 4.69) is 4.72 Å². The molecular formula is C14H22N2O3S. The third-order valence-electron chi connectivity index (χ3n) is 4.26. The summed E-state index contributed by atoms with van der Waals surface area (Å²) < 4.78 is 33.1. The fourth-order valence-electron chi connectivity index (χ4n) is 2.64. The second-order valence-corrected chi connectivity index (χ2v) is 7.66. The number of hydrogen-bond acceptors (Lipinski definition) is 4. The molecule has 1 aromatic carbocycles. The third kappa shape index (κ3) is 2.55. The first-order chi connectivity index (χ1) is 9.18. The van der Waals surface area contributed by atoms with Crippen LogP contribution < -0.4 is 10.5 Å². The van der Waals surface area contributed by atoms with Crippen molar-refractivity contribution in [3.05, 3.63) is 23.8 Å². The van der Waals surface area contributed by atoms with Crippen LogP contribution in [0.4, 0.5) is 5.69 Å². The summed E-state index contributed by atoms with van der Waals surface area (Å²) in [7, 11) is -1.91. The van der Waals surface area contributed by atoms with Gasteiger partial charge in [0.25, 0.3) is 0 Å². The molecule has 1 aliphatic rings. The molecule has 1 aliphatic carbocycles. The second-order valence-electron chi connectivity index (χ2n) is 5.98. The summed E-state index contributed by atoms with van der Waals surface area (Å²) in [4.78, 5) is 0.245. The summed E-state index contributed by atoms with van der Waals surface area (Å²) in [5.41, 5.74) is 6.60. The summed E-state index contributed by atoms with van der Waals surface area (Å²) in [6.07, 6.45) is 0.765. The maximum absolute atomic E-state index is 12.5. The van der Waals surface area contributed by atoms with Gasteiger partial charge >= 0.3 is 0 Å². The summed E-state index contributed by atoms with van der Waals surface area (Å²) >= 11 is 0. The van der Waals surface area contributed by atoms with Gasteiger partial charge in [0.05, 0.1) is 11.0 Å². The van der Waals surface area contributed by atoms with Crippen LogP contribution in [0.2, 0.25) is 0 Å². The molecule has 0 amide bonds. The van der Waals surface area contributed by atoms with Crippen molar-refractivity contribution >= 4 is 15.7 Å². The number of rotatable bonds is 4. The van der Waals surface area contributed by atoms with Crippen LogP contribution in [0.1, 0.15) is 25.8 Å². The summed E-state index contributed by atoms with van der Waals surface area (Å²) in [6.45, 7) is 5.77. The minimum absolute atomic E-state index is 0.0807. The molecule has 5 nitrogen and oxygen atoms in total. The molecule has 0 spiro atoms. The molecule has 0 aromatic heterocycles. The van der Waals surface area contributed by atoms with Gasteiger partial charge in [0.2, 0.25) is 10.0 Å². The van der Waals surface area contributed by atoms with Gasteiger partial charge in [-0.05, 0) is 31.0 Å².